The first kappa shape index (κ1) is 19.5. The number of aromatic nitrogens is 1. The van der Waals surface area contributed by atoms with Crippen LogP contribution < -0.4 is 4.74 Å². The van der Waals surface area contributed by atoms with E-state index in [1.165, 1.54) is 4.31 Å². The number of pyridine rings is 1. The Morgan fingerprint density at radius 1 is 1.13 bits per heavy atom. The number of para-hydroxylation sites is 1. The lowest BCUT2D eigenvalue weighted by Crippen LogP contribution is -2.49. The molecule has 1 aliphatic carbocycles. The zero-order chi connectivity index (χ0) is 20.8. The maximum Gasteiger partial charge on any atom is 0.247 e. The first-order valence-corrected chi connectivity index (χ1v) is 11.9. The molecule has 2 aliphatic heterocycles. The fourth-order valence-corrected chi connectivity index (χ4v) is 5.94. The number of carbonyl (C=O) groups is 1. The number of likely N-dealkylation sites (tertiary alicyclic amines) is 1. The molecule has 0 radical (unpaired) electrons. The molecule has 1 saturated carbocycles. The Hall–Kier alpha value is -2.45. The number of amides is 1. The van der Waals surface area contributed by atoms with E-state index in [9.17, 15) is 13.2 Å². The van der Waals surface area contributed by atoms with Gasteiger partial charge in [0.05, 0.1) is 25.3 Å². The van der Waals surface area contributed by atoms with Gasteiger partial charge < -0.3 is 9.64 Å². The molecule has 0 unspecified atom stereocenters. The van der Waals surface area contributed by atoms with Crippen molar-refractivity contribution in [2.45, 2.75) is 42.7 Å². The van der Waals surface area contributed by atoms with Crippen molar-refractivity contribution < 1.29 is 17.9 Å². The van der Waals surface area contributed by atoms with Crippen molar-refractivity contribution in [2.75, 3.05) is 19.6 Å². The summed E-state index contributed by atoms with van der Waals surface area (Å²) in [6.07, 6.45) is 5.11. The second-order valence-corrected chi connectivity index (χ2v) is 10.4. The SMILES string of the molecule is O=C(CC1CC1)N1CC[C@@]2(C1)CN(Cc1ccccn1)S(=O)(=O)c1ccccc1O2. The summed E-state index contributed by atoms with van der Waals surface area (Å²) in [4.78, 5) is 19.0. The molecule has 1 saturated heterocycles. The molecule has 3 aliphatic rings. The average Bonchev–Trinajstić information content (AvgIpc) is 3.47. The lowest BCUT2D eigenvalue weighted by molar-refractivity contribution is -0.131. The van der Waals surface area contributed by atoms with Gasteiger partial charge in [-0.15, -0.1) is 0 Å². The number of rotatable bonds is 4. The number of hydrogen-bond donors (Lipinski definition) is 0. The molecule has 0 bridgehead atoms. The molecule has 1 spiro atoms. The van der Waals surface area contributed by atoms with E-state index < -0.39 is 15.6 Å². The number of ether oxygens (including phenoxy) is 1. The average molecular weight is 428 g/mol. The summed E-state index contributed by atoms with van der Waals surface area (Å²) in [6, 6.07) is 12.2. The molecule has 158 valence electrons. The van der Waals surface area contributed by atoms with Crippen LogP contribution in [0.4, 0.5) is 0 Å². The van der Waals surface area contributed by atoms with Crippen molar-refractivity contribution in [2.24, 2.45) is 5.92 Å². The molecular formula is C22H25N3O4S. The van der Waals surface area contributed by atoms with Gasteiger partial charge in [-0.25, -0.2) is 8.42 Å². The van der Waals surface area contributed by atoms with Crippen LogP contribution in [0.2, 0.25) is 0 Å². The fraction of sp³-hybridized carbons (Fsp3) is 0.455. The fourth-order valence-electron chi connectivity index (χ4n) is 4.34. The number of benzene rings is 1. The van der Waals surface area contributed by atoms with Crippen molar-refractivity contribution in [1.82, 2.24) is 14.2 Å². The van der Waals surface area contributed by atoms with E-state index in [4.69, 9.17) is 4.74 Å². The molecule has 30 heavy (non-hydrogen) atoms. The van der Waals surface area contributed by atoms with E-state index in [0.717, 1.165) is 12.8 Å². The highest BCUT2D eigenvalue weighted by atomic mass is 32.2. The standard InChI is InChI=1S/C22H25N3O4S/c26-21(13-17-8-9-17)24-12-10-22(15-24)16-25(14-18-5-3-4-11-23-18)30(27,28)20-7-2-1-6-19(20)29-22/h1-7,11,17H,8-10,12-16H2/t22-/m1/s1. The van der Waals surface area contributed by atoms with Gasteiger partial charge in [0.15, 0.2) is 0 Å². The maximum atomic E-state index is 13.5. The Kier molecular flexibility index (Phi) is 4.78. The predicted molar refractivity (Wildman–Crippen MR) is 110 cm³/mol. The van der Waals surface area contributed by atoms with Gasteiger partial charge in [-0.2, -0.15) is 4.31 Å². The summed E-state index contributed by atoms with van der Waals surface area (Å²) in [5, 5.41) is 0. The summed E-state index contributed by atoms with van der Waals surface area (Å²) in [6.45, 7) is 1.35. The number of fused-ring (bicyclic) bond motifs is 1. The lowest BCUT2D eigenvalue weighted by atomic mass is 10.0. The van der Waals surface area contributed by atoms with Crippen LogP contribution in [-0.2, 0) is 21.4 Å². The number of sulfonamides is 1. The third-order valence-electron chi connectivity index (χ3n) is 6.15. The van der Waals surface area contributed by atoms with Gasteiger partial charge in [0, 0.05) is 25.6 Å². The first-order chi connectivity index (χ1) is 14.5. The van der Waals surface area contributed by atoms with Crippen LogP contribution in [-0.4, -0.2) is 53.7 Å². The predicted octanol–water partition coefficient (Wildman–Crippen LogP) is 2.44. The highest BCUT2D eigenvalue weighted by molar-refractivity contribution is 7.89. The molecule has 1 amide bonds. The van der Waals surface area contributed by atoms with Crippen molar-refractivity contribution in [3.05, 3.63) is 54.4 Å². The van der Waals surface area contributed by atoms with Crippen molar-refractivity contribution >= 4 is 15.9 Å². The molecule has 0 N–H and O–H groups in total. The Bertz CT molecular complexity index is 1060. The maximum absolute atomic E-state index is 13.5. The summed E-state index contributed by atoms with van der Waals surface area (Å²) >= 11 is 0. The van der Waals surface area contributed by atoms with Gasteiger partial charge in [-0.05, 0) is 43.0 Å². The zero-order valence-electron chi connectivity index (χ0n) is 16.7. The van der Waals surface area contributed by atoms with Crippen LogP contribution in [0, 0.1) is 5.92 Å². The summed E-state index contributed by atoms with van der Waals surface area (Å²) in [7, 11) is -3.76. The minimum absolute atomic E-state index is 0.148. The molecule has 7 nitrogen and oxygen atoms in total. The molecule has 8 heteroatoms. The minimum Gasteiger partial charge on any atom is -0.483 e. The largest absolute Gasteiger partial charge is 0.483 e. The van der Waals surface area contributed by atoms with Crippen molar-refractivity contribution in [3.8, 4) is 5.75 Å². The number of carbonyl (C=O) groups excluding carboxylic acids is 1. The first-order valence-electron chi connectivity index (χ1n) is 10.4. The Morgan fingerprint density at radius 2 is 1.93 bits per heavy atom. The van der Waals surface area contributed by atoms with Gasteiger partial charge in [0.25, 0.3) is 0 Å². The molecule has 2 fully saturated rings. The van der Waals surface area contributed by atoms with Gasteiger partial charge in [0.2, 0.25) is 15.9 Å². The van der Waals surface area contributed by atoms with Crippen molar-refractivity contribution in [3.63, 3.8) is 0 Å². The Labute approximate surface area is 176 Å². The van der Waals surface area contributed by atoms with Crippen LogP contribution in [0.3, 0.4) is 0 Å². The van der Waals surface area contributed by atoms with Crippen LogP contribution in [0.1, 0.15) is 31.4 Å². The minimum atomic E-state index is -3.76. The Balaban J connectivity index is 1.48. The molecule has 3 heterocycles. The van der Waals surface area contributed by atoms with Crippen LogP contribution in [0.15, 0.2) is 53.6 Å². The molecule has 1 atom stereocenters. The Morgan fingerprint density at radius 3 is 2.70 bits per heavy atom. The monoisotopic (exact) mass is 427 g/mol. The van der Waals surface area contributed by atoms with Gasteiger partial charge in [-0.3, -0.25) is 9.78 Å². The topological polar surface area (TPSA) is 79.8 Å². The summed E-state index contributed by atoms with van der Waals surface area (Å²) < 4.78 is 34.8. The quantitative estimate of drug-likeness (QED) is 0.749. The highest BCUT2D eigenvalue weighted by Gasteiger charge is 2.49. The second kappa shape index (κ2) is 7.35. The third kappa shape index (κ3) is 3.70. The van der Waals surface area contributed by atoms with E-state index in [0.29, 0.717) is 43.3 Å². The molecule has 1 aromatic carbocycles. The highest BCUT2D eigenvalue weighted by Crippen LogP contribution is 2.40. The summed E-state index contributed by atoms with van der Waals surface area (Å²) in [5.74, 6) is 1.03. The van der Waals surface area contributed by atoms with E-state index in [1.54, 1.807) is 36.5 Å². The van der Waals surface area contributed by atoms with E-state index in [1.807, 2.05) is 17.0 Å². The van der Waals surface area contributed by atoms with Gasteiger partial charge in [-0.1, -0.05) is 18.2 Å². The smallest absolute Gasteiger partial charge is 0.247 e. The third-order valence-corrected chi connectivity index (χ3v) is 7.98. The van der Waals surface area contributed by atoms with E-state index in [2.05, 4.69) is 4.98 Å². The van der Waals surface area contributed by atoms with Crippen LogP contribution in [0.5, 0.6) is 5.75 Å². The molecule has 5 rings (SSSR count). The molecule has 2 aromatic rings. The zero-order valence-corrected chi connectivity index (χ0v) is 17.6. The second-order valence-electron chi connectivity index (χ2n) is 8.54. The van der Waals surface area contributed by atoms with Gasteiger partial charge >= 0.3 is 0 Å². The molecular weight excluding hydrogens is 402 g/mol. The number of hydrogen-bond acceptors (Lipinski definition) is 5. The van der Waals surface area contributed by atoms with Crippen LogP contribution in [0.25, 0.3) is 0 Å². The molecule has 1 aromatic heterocycles. The van der Waals surface area contributed by atoms with E-state index in [-0.39, 0.29) is 23.9 Å². The van der Waals surface area contributed by atoms with Crippen LogP contribution >= 0.6 is 0 Å². The lowest BCUT2D eigenvalue weighted by Gasteiger charge is -2.31. The van der Waals surface area contributed by atoms with E-state index >= 15 is 0 Å². The van der Waals surface area contributed by atoms with Crippen molar-refractivity contribution in [1.29, 1.82) is 0 Å². The van der Waals surface area contributed by atoms with Gasteiger partial charge in [0.1, 0.15) is 16.2 Å². The number of nitrogens with zero attached hydrogens (tertiary/aromatic N) is 3. The summed E-state index contributed by atoms with van der Waals surface area (Å²) in [5.41, 5.74) is -0.0801. The normalized spacial score (nSPS) is 25.5.